The van der Waals surface area contributed by atoms with Gasteiger partial charge in [-0.2, -0.15) is 13.2 Å². The molecule has 4 rings (SSSR count). The number of amides is 4. The fraction of sp³-hybridized carbons (Fsp3) is 0.273. The maximum atomic E-state index is 14.7. The second kappa shape index (κ2) is 8.71. The molecule has 0 radical (unpaired) electrons. The van der Waals surface area contributed by atoms with Gasteiger partial charge in [-0.25, -0.2) is 4.39 Å². The highest BCUT2D eigenvalue weighted by molar-refractivity contribution is 6.30. The first-order chi connectivity index (χ1) is 16.0. The Kier molecular flexibility index (Phi) is 6.07. The predicted molar refractivity (Wildman–Crippen MR) is 110 cm³/mol. The molecule has 1 saturated heterocycles. The number of fused-ring (bicyclic) bond motifs is 1. The Balaban J connectivity index is 1.59. The molecule has 2 aromatic carbocycles. The minimum absolute atomic E-state index is 0.0160. The molecule has 0 bridgehead atoms. The molecular formula is C22H16ClF4N3O4. The van der Waals surface area contributed by atoms with E-state index in [9.17, 15) is 36.7 Å². The summed E-state index contributed by atoms with van der Waals surface area (Å²) in [7, 11) is 0. The Morgan fingerprint density at radius 3 is 2.44 bits per heavy atom. The lowest BCUT2D eigenvalue weighted by Crippen LogP contribution is -2.52. The van der Waals surface area contributed by atoms with Gasteiger partial charge in [-0.15, -0.1) is 0 Å². The molecule has 2 unspecified atom stereocenters. The number of hydrogen-bond donors (Lipinski definition) is 2. The quantitative estimate of drug-likeness (QED) is 0.500. The van der Waals surface area contributed by atoms with Gasteiger partial charge in [0.15, 0.2) is 6.04 Å². The summed E-state index contributed by atoms with van der Waals surface area (Å²) in [5.41, 5.74) is -0.911. The van der Waals surface area contributed by atoms with Crippen LogP contribution in [0.1, 0.15) is 50.7 Å². The molecule has 0 spiro atoms. The number of carbonyl (C=O) groups excluding carboxylic acids is 4. The molecule has 12 heteroatoms. The number of halogens is 5. The van der Waals surface area contributed by atoms with Gasteiger partial charge in [0.05, 0.1) is 5.56 Å². The minimum Gasteiger partial charge on any atom is -0.337 e. The zero-order chi connectivity index (χ0) is 24.8. The molecule has 0 aliphatic carbocycles. The first kappa shape index (κ1) is 23.7. The summed E-state index contributed by atoms with van der Waals surface area (Å²) in [6.07, 6.45) is -4.79. The van der Waals surface area contributed by atoms with Gasteiger partial charge in [0.25, 0.3) is 11.8 Å². The monoisotopic (exact) mass is 497 g/mol. The summed E-state index contributed by atoms with van der Waals surface area (Å²) in [6, 6.07) is 3.03. The van der Waals surface area contributed by atoms with Crippen LogP contribution in [0.4, 0.5) is 17.6 Å². The Hall–Kier alpha value is -3.47. The molecule has 2 atom stereocenters. The Morgan fingerprint density at radius 2 is 1.82 bits per heavy atom. The van der Waals surface area contributed by atoms with Gasteiger partial charge in [-0.1, -0.05) is 23.7 Å². The number of nitrogens with zero attached hydrogens (tertiary/aromatic N) is 1. The maximum absolute atomic E-state index is 14.7. The molecular weight excluding hydrogens is 482 g/mol. The Labute approximate surface area is 195 Å². The lowest BCUT2D eigenvalue weighted by Gasteiger charge is -2.29. The van der Waals surface area contributed by atoms with Crippen LogP contribution in [0.3, 0.4) is 0 Å². The number of hydrogen-bond acceptors (Lipinski definition) is 4. The average molecular weight is 498 g/mol. The lowest BCUT2D eigenvalue weighted by atomic mass is 10.0. The number of benzene rings is 2. The summed E-state index contributed by atoms with van der Waals surface area (Å²) in [4.78, 5) is 50.0. The third-order valence-electron chi connectivity index (χ3n) is 5.66. The molecule has 0 aromatic heterocycles. The number of carbonyl (C=O) groups is 4. The number of imide groups is 1. The highest BCUT2D eigenvalue weighted by Gasteiger charge is 2.43. The van der Waals surface area contributed by atoms with E-state index in [0.717, 1.165) is 29.2 Å². The molecule has 7 nitrogen and oxygen atoms in total. The van der Waals surface area contributed by atoms with Crippen LogP contribution in [0.15, 0.2) is 36.4 Å². The van der Waals surface area contributed by atoms with Gasteiger partial charge in [0.2, 0.25) is 11.8 Å². The van der Waals surface area contributed by atoms with Crippen LogP contribution >= 0.6 is 11.6 Å². The van der Waals surface area contributed by atoms with Gasteiger partial charge >= 0.3 is 6.18 Å². The predicted octanol–water partition coefficient (Wildman–Crippen LogP) is 3.27. The zero-order valence-electron chi connectivity index (χ0n) is 17.2. The van der Waals surface area contributed by atoms with Gasteiger partial charge < -0.3 is 10.2 Å². The Bertz CT molecular complexity index is 1200. The number of nitrogens with one attached hydrogen (secondary N) is 2. The largest absolute Gasteiger partial charge is 0.412 e. The van der Waals surface area contributed by atoms with Crippen molar-refractivity contribution >= 4 is 35.2 Å². The Morgan fingerprint density at radius 1 is 1.15 bits per heavy atom. The number of rotatable bonds is 4. The van der Waals surface area contributed by atoms with Crippen molar-refractivity contribution in [2.45, 2.75) is 37.6 Å². The second-order valence-corrected chi connectivity index (χ2v) is 8.33. The third-order valence-corrected chi connectivity index (χ3v) is 5.91. The minimum atomic E-state index is -4.88. The van der Waals surface area contributed by atoms with Crippen LogP contribution in [0.25, 0.3) is 0 Å². The van der Waals surface area contributed by atoms with E-state index < -0.39 is 53.3 Å². The van der Waals surface area contributed by atoms with E-state index >= 15 is 0 Å². The van der Waals surface area contributed by atoms with Crippen molar-refractivity contribution in [1.29, 1.82) is 0 Å². The van der Waals surface area contributed by atoms with Crippen molar-refractivity contribution in [2.24, 2.45) is 0 Å². The van der Waals surface area contributed by atoms with E-state index in [2.05, 4.69) is 5.32 Å². The van der Waals surface area contributed by atoms with Crippen molar-refractivity contribution < 1.29 is 36.7 Å². The van der Waals surface area contributed by atoms with Crippen LogP contribution in [0, 0.1) is 5.82 Å². The summed E-state index contributed by atoms with van der Waals surface area (Å²) in [6.45, 7) is -0.166. The van der Waals surface area contributed by atoms with E-state index in [4.69, 9.17) is 11.6 Å². The first-order valence-electron chi connectivity index (χ1n) is 10.1. The summed E-state index contributed by atoms with van der Waals surface area (Å²) >= 11 is 5.71. The van der Waals surface area contributed by atoms with Crippen LogP contribution in [-0.4, -0.2) is 40.7 Å². The molecule has 2 aromatic rings. The molecule has 2 heterocycles. The van der Waals surface area contributed by atoms with Gasteiger partial charge in [-0.05, 0) is 41.8 Å². The van der Waals surface area contributed by atoms with Crippen LogP contribution in [-0.2, 0) is 16.1 Å². The summed E-state index contributed by atoms with van der Waals surface area (Å²) in [5, 5.41) is 4.12. The fourth-order valence-electron chi connectivity index (χ4n) is 3.98. The van der Waals surface area contributed by atoms with Crippen molar-refractivity contribution in [1.82, 2.24) is 15.5 Å². The molecule has 4 amide bonds. The van der Waals surface area contributed by atoms with E-state index in [1.54, 1.807) is 5.32 Å². The van der Waals surface area contributed by atoms with Crippen molar-refractivity contribution in [3.63, 3.8) is 0 Å². The molecule has 34 heavy (non-hydrogen) atoms. The zero-order valence-corrected chi connectivity index (χ0v) is 18.0. The normalized spacial score (nSPS) is 19.0. The molecule has 0 saturated carbocycles. The van der Waals surface area contributed by atoms with Crippen molar-refractivity contribution in [3.05, 3.63) is 69.5 Å². The molecule has 2 aliphatic heterocycles. The highest BCUT2D eigenvalue weighted by Crippen LogP contribution is 2.34. The first-order valence-corrected chi connectivity index (χ1v) is 10.4. The standard InChI is InChI=1S/C22H16ClF4N3O4/c23-12-3-1-10(2-4-12)18(22(25,26)27)29-19(32)14-7-11-9-30(21(34)13(11)8-15(14)24)16-5-6-17(31)28-20(16)33/h1-4,7-8,16,18H,5-6,9H2,(H,29,32)(H,28,31,33). The molecule has 2 N–H and O–H groups in total. The number of alkyl halides is 3. The fourth-order valence-corrected chi connectivity index (χ4v) is 4.11. The van der Waals surface area contributed by atoms with Crippen molar-refractivity contribution in [2.75, 3.05) is 0 Å². The second-order valence-electron chi connectivity index (χ2n) is 7.89. The van der Waals surface area contributed by atoms with E-state index in [1.165, 1.54) is 12.1 Å². The topological polar surface area (TPSA) is 95.6 Å². The van der Waals surface area contributed by atoms with E-state index in [1.807, 2.05) is 0 Å². The van der Waals surface area contributed by atoms with Gasteiger partial charge in [0.1, 0.15) is 11.9 Å². The van der Waals surface area contributed by atoms with Crippen LogP contribution < -0.4 is 10.6 Å². The van der Waals surface area contributed by atoms with E-state index in [-0.39, 0.29) is 41.1 Å². The molecule has 1 fully saturated rings. The van der Waals surface area contributed by atoms with Crippen LogP contribution in [0.2, 0.25) is 5.02 Å². The van der Waals surface area contributed by atoms with E-state index in [0.29, 0.717) is 0 Å². The average Bonchev–Trinajstić information content (AvgIpc) is 3.06. The molecule has 2 aliphatic rings. The summed E-state index contributed by atoms with van der Waals surface area (Å²) in [5.74, 6) is -4.34. The SMILES string of the molecule is O=C1CCC(N2Cc3cc(C(=O)NC(c4ccc(Cl)cc4)C(F)(F)F)c(F)cc3C2=O)C(=O)N1. The highest BCUT2D eigenvalue weighted by atomic mass is 35.5. The van der Waals surface area contributed by atoms with Gasteiger partial charge in [0, 0.05) is 23.6 Å². The summed E-state index contributed by atoms with van der Waals surface area (Å²) < 4.78 is 55.6. The maximum Gasteiger partial charge on any atom is 0.412 e. The number of piperidine rings is 1. The lowest BCUT2D eigenvalue weighted by molar-refractivity contribution is -0.155. The van der Waals surface area contributed by atoms with Gasteiger partial charge in [-0.3, -0.25) is 24.5 Å². The van der Waals surface area contributed by atoms with Crippen molar-refractivity contribution in [3.8, 4) is 0 Å². The van der Waals surface area contributed by atoms with Crippen LogP contribution in [0.5, 0.6) is 0 Å². The third kappa shape index (κ3) is 4.47. The smallest absolute Gasteiger partial charge is 0.337 e. The molecule has 178 valence electrons.